The van der Waals surface area contributed by atoms with E-state index in [4.69, 9.17) is 4.74 Å². The van der Waals surface area contributed by atoms with Gasteiger partial charge in [0.1, 0.15) is 0 Å². The number of hydrogen-bond acceptors (Lipinski definition) is 5. The van der Waals surface area contributed by atoms with E-state index in [1.807, 2.05) is 4.90 Å². The van der Waals surface area contributed by atoms with Crippen LogP contribution in [0.4, 0.5) is 11.4 Å². The Kier molecular flexibility index (Phi) is 5.36. The summed E-state index contributed by atoms with van der Waals surface area (Å²) in [6, 6.07) is 6.97. The van der Waals surface area contributed by atoms with Crippen molar-refractivity contribution in [1.29, 1.82) is 0 Å². The zero-order valence-corrected chi connectivity index (χ0v) is 14.5. The third-order valence-corrected chi connectivity index (χ3v) is 4.88. The van der Waals surface area contributed by atoms with Crippen molar-refractivity contribution in [2.24, 2.45) is 0 Å². The van der Waals surface area contributed by atoms with Gasteiger partial charge in [0.15, 0.2) is 0 Å². The third-order valence-electron chi connectivity index (χ3n) is 4.88. The van der Waals surface area contributed by atoms with Crippen molar-refractivity contribution in [2.45, 2.75) is 37.9 Å². The second kappa shape index (κ2) is 7.51. The van der Waals surface area contributed by atoms with E-state index < -0.39 is 11.7 Å². The maximum absolute atomic E-state index is 12.2. The summed E-state index contributed by atoms with van der Waals surface area (Å²) in [5.41, 5.74) is 0.964. The number of ether oxygens (including phenoxy) is 1. The number of aliphatic hydroxyl groups excluding tert-OH is 1. The van der Waals surface area contributed by atoms with Gasteiger partial charge in [-0.2, -0.15) is 0 Å². The number of likely N-dealkylation sites (tertiary alicyclic amines) is 1. The first-order valence-corrected chi connectivity index (χ1v) is 8.69. The average molecular weight is 347 g/mol. The summed E-state index contributed by atoms with van der Waals surface area (Å²) in [4.78, 5) is 25.2. The summed E-state index contributed by atoms with van der Waals surface area (Å²) in [7, 11) is 0. The molecule has 0 saturated carbocycles. The van der Waals surface area contributed by atoms with Crippen LogP contribution in [0.15, 0.2) is 24.3 Å². The number of benzene rings is 1. The summed E-state index contributed by atoms with van der Waals surface area (Å²) < 4.78 is 5.77. The van der Waals surface area contributed by atoms with Crippen molar-refractivity contribution >= 4 is 23.2 Å². The maximum atomic E-state index is 12.2. The molecule has 2 aliphatic rings. The number of anilines is 2. The molecule has 2 atom stereocenters. The van der Waals surface area contributed by atoms with Crippen LogP contribution >= 0.6 is 0 Å². The van der Waals surface area contributed by atoms with Crippen molar-refractivity contribution < 1.29 is 19.4 Å². The van der Waals surface area contributed by atoms with Gasteiger partial charge in [-0.1, -0.05) is 0 Å². The van der Waals surface area contributed by atoms with Crippen LogP contribution in [0.25, 0.3) is 0 Å². The summed E-state index contributed by atoms with van der Waals surface area (Å²) >= 11 is 0. The van der Waals surface area contributed by atoms with Crippen LogP contribution in [0.5, 0.6) is 0 Å². The van der Waals surface area contributed by atoms with E-state index in [9.17, 15) is 14.7 Å². The molecule has 2 heterocycles. The van der Waals surface area contributed by atoms with Crippen molar-refractivity contribution in [2.75, 3.05) is 36.9 Å². The molecule has 7 heteroatoms. The molecule has 1 spiro atoms. The molecule has 0 radical (unpaired) electrons. The molecule has 2 saturated heterocycles. The monoisotopic (exact) mass is 347 g/mol. The Bertz CT molecular complexity index is 626. The van der Waals surface area contributed by atoms with E-state index in [2.05, 4.69) is 10.6 Å². The van der Waals surface area contributed by atoms with Gasteiger partial charge in [-0.25, -0.2) is 0 Å². The van der Waals surface area contributed by atoms with E-state index in [1.54, 1.807) is 24.3 Å². The van der Waals surface area contributed by atoms with E-state index in [0.717, 1.165) is 25.8 Å². The molecule has 3 N–H and O–H groups in total. The minimum absolute atomic E-state index is 0.122. The Labute approximate surface area is 147 Å². The zero-order valence-electron chi connectivity index (χ0n) is 14.5. The lowest BCUT2D eigenvalue weighted by atomic mass is 9.86. The van der Waals surface area contributed by atoms with E-state index in [1.165, 1.54) is 6.92 Å². The smallest absolute Gasteiger partial charge is 0.238 e. The number of nitrogens with one attached hydrogen (secondary N) is 2. The Morgan fingerprint density at radius 1 is 1.24 bits per heavy atom. The normalized spacial score (nSPS) is 26.6. The fourth-order valence-electron chi connectivity index (χ4n) is 3.58. The first-order valence-electron chi connectivity index (χ1n) is 8.69. The number of amides is 2. The number of rotatable bonds is 4. The SMILES string of the molecule is CC(=O)Nc1ccc(NC(=O)CN2CC[C@@]3(CCCO3)[C@@H](O)C2)cc1. The van der Waals surface area contributed by atoms with Crippen molar-refractivity contribution in [3.63, 3.8) is 0 Å². The summed E-state index contributed by atoms with van der Waals surface area (Å²) in [6.45, 7) is 3.59. The van der Waals surface area contributed by atoms with E-state index in [0.29, 0.717) is 24.5 Å². The average Bonchev–Trinajstić information content (AvgIpc) is 3.02. The molecular formula is C18H25N3O4. The molecule has 2 fully saturated rings. The van der Waals surface area contributed by atoms with Crippen LogP contribution in [-0.2, 0) is 14.3 Å². The summed E-state index contributed by atoms with van der Waals surface area (Å²) in [6.07, 6.45) is 2.10. The predicted molar refractivity (Wildman–Crippen MR) is 94.4 cm³/mol. The Balaban J connectivity index is 1.49. The molecule has 1 aromatic rings. The van der Waals surface area contributed by atoms with Crippen molar-refractivity contribution in [3.05, 3.63) is 24.3 Å². The molecule has 25 heavy (non-hydrogen) atoms. The second-order valence-corrected chi connectivity index (χ2v) is 6.82. The van der Waals surface area contributed by atoms with Gasteiger partial charge < -0.3 is 20.5 Å². The van der Waals surface area contributed by atoms with Crippen LogP contribution in [0.3, 0.4) is 0 Å². The number of carbonyl (C=O) groups is 2. The van der Waals surface area contributed by atoms with Gasteiger partial charge in [0.2, 0.25) is 11.8 Å². The topological polar surface area (TPSA) is 90.9 Å². The number of nitrogens with zero attached hydrogens (tertiary/aromatic N) is 1. The number of carbonyl (C=O) groups excluding carboxylic acids is 2. The van der Waals surface area contributed by atoms with Crippen LogP contribution < -0.4 is 10.6 Å². The third kappa shape index (κ3) is 4.36. The molecule has 136 valence electrons. The molecule has 0 aliphatic carbocycles. The van der Waals surface area contributed by atoms with Crippen LogP contribution in [-0.4, -0.2) is 59.8 Å². The first-order chi connectivity index (χ1) is 12.0. The Morgan fingerprint density at radius 2 is 1.92 bits per heavy atom. The van der Waals surface area contributed by atoms with Gasteiger partial charge in [-0.05, 0) is 43.5 Å². The molecule has 0 aromatic heterocycles. The lowest BCUT2D eigenvalue weighted by Gasteiger charge is -2.42. The molecule has 7 nitrogen and oxygen atoms in total. The van der Waals surface area contributed by atoms with Gasteiger partial charge in [0.05, 0.1) is 18.2 Å². The first kappa shape index (κ1) is 17.8. The minimum Gasteiger partial charge on any atom is -0.389 e. The predicted octanol–water partition coefficient (Wildman–Crippen LogP) is 1.20. The molecule has 2 amide bonds. The van der Waals surface area contributed by atoms with E-state index >= 15 is 0 Å². The lowest BCUT2D eigenvalue weighted by Crippen LogP contribution is -2.56. The quantitative estimate of drug-likeness (QED) is 0.761. The van der Waals surface area contributed by atoms with Gasteiger partial charge in [-0.3, -0.25) is 14.5 Å². The number of piperidine rings is 1. The standard InChI is InChI=1S/C18H25N3O4/c1-13(22)19-14-3-5-15(6-4-14)20-17(24)12-21-9-8-18(16(23)11-21)7-2-10-25-18/h3-6,16,23H,2,7-12H2,1H3,(H,19,22)(H,20,24)/t16-,18-/m0/s1. The highest BCUT2D eigenvalue weighted by atomic mass is 16.5. The highest BCUT2D eigenvalue weighted by Crippen LogP contribution is 2.35. The molecule has 1 aromatic carbocycles. The Morgan fingerprint density at radius 3 is 2.48 bits per heavy atom. The molecule has 3 rings (SSSR count). The fourth-order valence-corrected chi connectivity index (χ4v) is 3.58. The largest absolute Gasteiger partial charge is 0.389 e. The fraction of sp³-hybridized carbons (Fsp3) is 0.556. The molecule has 0 unspecified atom stereocenters. The number of hydrogen-bond donors (Lipinski definition) is 3. The summed E-state index contributed by atoms with van der Waals surface area (Å²) in [5, 5.41) is 15.9. The lowest BCUT2D eigenvalue weighted by molar-refractivity contribution is -0.135. The number of β-amino-alcohol motifs (C(OH)–C–C–N with tert-alkyl or cyclic N) is 1. The van der Waals surface area contributed by atoms with Crippen LogP contribution in [0, 0.1) is 0 Å². The number of aliphatic hydroxyl groups is 1. The highest BCUT2D eigenvalue weighted by Gasteiger charge is 2.45. The van der Waals surface area contributed by atoms with Gasteiger partial charge >= 0.3 is 0 Å². The maximum Gasteiger partial charge on any atom is 0.238 e. The van der Waals surface area contributed by atoms with Gasteiger partial charge in [0, 0.05) is 38.0 Å². The van der Waals surface area contributed by atoms with Gasteiger partial charge in [0.25, 0.3) is 0 Å². The highest BCUT2D eigenvalue weighted by molar-refractivity contribution is 5.93. The van der Waals surface area contributed by atoms with Crippen LogP contribution in [0.1, 0.15) is 26.2 Å². The summed E-state index contributed by atoms with van der Waals surface area (Å²) in [5.74, 6) is -0.257. The molecule has 0 bridgehead atoms. The van der Waals surface area contributed by atoms with E-state index in [-0.39, 0.29) is 18.4 Å². The Hall–Kier alpha value is -1.96. The van der Waals surface area contributed by atoms with Crippen LogP contribution in [0.2, 0.25) is 0 Å². The van der Waals surface area contributed by atoms with Gasteiger partial charge in [-0.15, -0.1) is 0 Å². The van der Waals surface area contributed by atoms with Crippen molar-refractivity contribution in [1.82, 2.24) is 4.90 Å². The molecule has 2 aliphatic heterocycles. The zero-order chi connectivity index (χ0) is 17.9. The minimum atomic E-state index is -0.548. The molecular weight excluding hydrogens is 322 g/mol. The van der Waals surface area contributed by atoms with Crippen molar-refractivity contribution in [3.8, 4) is 0 Å². The second-order valence-electron chi connectivity index (χ2n) is 6.82.